The number of para-hydroxylation sites is 1. The summed E-state index contributed by atoms with van der Waals surface area (Å²) >= 11 is 3.41. The Kier molecular flexibility index (Phi) is 4.45. The van der Waals surface area contributed by atoms with Crippen LogP contribution < -0.4 is 10.6 Å². The molecule has 2 amide bonds. The zero-order chi connectivity index (χ0) is 14.7. The number of nitrogens with one attached hydrogen (secondary N) is 2. The quantitative estimate of drug-likeness (QED) is 0.796. The second-order valence-corrected chi connectivity index (χ2v) is 5.69. The molecule has 0 fully saturated rings. The summed E-state index contributed by atoms with van der Waals surface area (Å²) in [5.74, 6) is 0. The van der Waals surface area contributed by atoms with Crippen LogP contribution in [0.1, 0.15) is 16.7 Å². The number of hydrogen-bond acceptors (Lipinski definition) is 1. The van der Waals surface area contributed by atoms with Gasteiger partial charge in [-0.15, -0.1) is 0 Å². The molecule has 104 valence electrons. The Hall–Kier alpha value is -1.81. The first-order chi connectivity index (χ1) is 9.47. The molecule has 2 aromatic carbocycles. The van der Waals surface area contributed by atoms with Crippen LogP contribution in [0.4, 0.5) is 16.2 Å². The van der Waals surface area contributed by atoms with Crippen molar-refractivity contribution < 1.29 is 4.79 Å². The molecular weight excluding hydrogens is 316 g/mol. The van der Waals surface area contributed by atoms with Crippen LogP contribution >= 0.6 is 15.9 Å². The fourth-order valence-corrected chi connectivity index (χ4v) is 2.59. The third kappa shape index (κ3) is 3.39. The molecule has 4 heteroatoms. The number of aryl methyl sites for hydroxylation is 3. The summed E-state index contributed by atoms with van der Waals surface area (Å²) in [6, 6.07) is 11.4. The molecule has 0 unspecified atom stereocenters. The molecule has 2 rings (SSSR count). The average Bonchev–Trinajstić information content (AvgIpc) is 2.36. The van der Waals surface area contributed by atoms with Gasteiger partial charge in [-0.05, 0) is 60.0 Å². The number of anilines is 2. The lowest BCUT2D eigenvalue weighted by atomic mass is 10.1. The van der Waals surface area contributed by atoms with Gasteiger partial charge in [0.05, 0.1) is 5.69 Å². The maximum Gasteiger partial charge on any atom is 0.323 e. The van der Waals surface area contributed by atoms with E-state index in [4.69, 9.17) is 0 Å². The Morgan fingerprint density at radius 1 is 1.00 bits per heavy atom. The van der Waals surface area contributed by atoms with Gasteiger partial charge in [-0.25, -0.2) is 4.79 Å². The molecule has 20 heavy (non-hydrogen) atoms. The van der Waals surface area contributed by atoms with E-state index in [9.17, 15) is 4.79 Å². The van der Waals surface area contributed by atoms with E-state index in [2.05, 4.69) is 38.7 Å². The molecule has 2 N–H and O–H groups in total. The Bertz CT molecular complexity index is 630. The predicted molar refractivity (Wildman–Crippen MR) is 87.4 cm³/mol. The van der Waals surface area contributed by atoms with Crippen molar-refractivity contribution >= 4 is 33.3 Å². The number of carbonyl (C=O) groups excluding carboxylic acids is 1. The SMILES string of the molecule is Cc1cc(C)c(NC(=O)Nc2ccccc2Br)c(C)c1. The van der Waals surface area contributed by atoms with Crippen LogP contribution in [0.25, 0.3) is 0 Å². The molecule has 0 saturated heterocycles. The van der Waals surface area contributed by atoms with Crippen molar-refractivity contribution in [3.8, 4) is 0 Å². The van der Waals surface area contributed by atoms with Gasteiger partial charge in [0.1, 0.15) is 0 Å². The van der Waals surface area contributed by atoms with Crippen molar-refractivity contribution in [3.05, 3.63) is 57.6 Å². The lowest BCUT2D eigenvalue weighted by Gasteiger charge is -2.14. The average molecular weight is 333 g/mol. The van der Waals surface area contributed by atoms with E-state index >= 15 is 0 Å². The summed E-state index contributed by atoms with van der Waals surface area (Å²) in [7, 11) is 0. The van der Waals surface area contributed by atoms with Gasteiger partial charge in [0, 0.05) is 10.2 Å². The van der Waals surface area contributed by atoms with Crippen molar-refractivity contribution in [1.82, 2.24) is 0 Å². The number of halogens is 1. The van der Waals surface area contributed by atoms with Gasteiger partial charge < -0.3 is 10.6 Å². The Morgan fingerprint density at radius 2 is 1.60 bits per heavy atom. The lowest BCUT2D eigenvalue weighted by molar-refractivity contribution is 0.262. The molecule has 0 heterocycles. The van der Waals surface area contributed by atoms with Crippen LogP contribution in [-0.2, 0) is 0 Å². The molecule has 0 aromatic heterocycles. The second kappa shape index (κ2) is 6.09. The van der Waals surface area contributed by atoms with Crippen molar-refractivity contribution in [2.24, 2.45) is 0 Å². The van der Waals surface area contributed by atoms with Crippen LogP contribution in [0.15, 0.2) is 40.9 Å². The molecule has 2 aromatic rings. The van der Waals surface area contributed by atoms with E-state index in [0.717, 1.165) is 27.0 Å². The first-order valence-corrected chi connectivity index (χ1v) is 7.17. The summed E-state index contributed by atoms with van der Waals surface area (Å²) in [6.07, 6.45) is 0. The third-order valence-electron chi connectivity index (χ3n) is 3.04. The Balaban J connectivity index is 2.15. The van der Waals surface area contributed by atoms with Gasteiger partial charge in [0.25, 0.3) is 0 Å². The summed E-state index contributed by atoms with van der Waals surface area (Å²) in [5.41, 5.74) is 4.92. The monoisotopic (exact) mass is 332 g/mol. The Morgan fingerprint density at radius 3 is 2.20 bits per heavy atom. The molecule has 0 spiro atoms. The zero-order valence-corrected chi connectivity index (χ0v) is 13.3. The number of carbonyl (C=O) groups is 1. The molecule has 0 radical (unpaired) electrons. The molecule has 0 bridgehead atoms. The molecule has 0 aliphatic heterocycles. The minimum Gasteiger partial charge on any atom is -0.307 e. The van der Waals surface area contributed by atoms with E-state index in [1.165, 1.54) is 5.56 Å². The molecular formula is C16H17BrN2O. The summed E-state index contributed by atoms with van der Waals surface area (Å²) in [4.78, 5) is 12.1. The molecule has 0 aliphatic carbocycles. The van der Waals surface area contributed by atoms with Crippen LogP contribution in [0.2, 0.25) is 0 Å². The van der Waals surface area contributed by atoms with Crippen LogP contribution in [-0.4, -0.2) is 6.03 Å². The predicted octanol–water partition coefficient (Wildman–Crippen LogP) is 5.02. The number of benzene rings is 2. The molecule has 0 saturated carbocycles. The van der Waals surface area contributed by atoms with Gasteiger partial charge >= 0.3 is 6.03 Å². The van der Waals surface area contributed by atoms with Crippen molar-refractivity contribution in [2.45, 2.75) is 20.8 Å². The van der Waals surface area contributed by atoms with E-state index in [0.29, 0.717) is 0 Å². The van der Waals surface area contributed by atoms with Gasteiger partial charge in [-0.2, -0.15) is 0 Å². The summed E-state index contributed by atoms with van der Waals surface area (Å²) in [5, 5.41) is 5.74. The van der Waals surface area contributed by atoms with E-state index in [1.807, 2.05) is 45.0 Å². The normalized spacial score (nSPS) is 10.2. The molecule has 0 atom stereocenters. The van der Waals surface area contributed by atoms with E-state index in [1.54, 1.807) is 0 Å². The van der Waals surface area contributed by atoms with Gasteiger partial charge in [-0.3, -0.25) is 0 Å². The highest BCUT2D eigenvalue weighted by atomic mass is 79.9. The lowest BCUT2D eigenvalue weighted by Crippen LogP contribution is -2.20. The fraction of sp³-hybridized carbons (Fsp3) is 0.188. The maximum atomic E-state index is 12.1. The number of amides is 2. The summed E-state index contributed by atoms with van der Waals surface area (Å²) in [6.45, 7) is 6.03. The fourth-order valence-electron chi connectivity index (χ4n) is 2.21. The maximum absolute atomic E-state index is 12.1. The zero-order valence-electron chi connectivity index (χ0n) is 11.8. The van der Waals surface area contributed by atoms with Gasteiger partial charge in [0.15, 0.2) is 0 Å². The van der Waals surface area contributed by atoms with Crippen LogP contribution in [0.3, 0.4) is 0 Å². The number of hydrogen-bond donors (Lipinski definition) is 2. The summed E-state index contributed by atoms with van der Waals surface area (Å²) < 4.78 is 0.854. The third-order valence-corrected chi connectivity index (χ3v) is 3.73. The van der Waals surface area contributed by atoms with Crippen LogP contribution in [0.5, 0.6) is 0 Å². The minimum absolute atomic E-state index is 0.244. The first-order valence-electron chi connectivity index (χ1n) is 6.38. The number of rotatable bonds is 2. The van der Waals surface area contributed by atoms with Crippen molar-refractivity contribution in [1.29, 1.82) is 0 Å². The minimum atomic E-state index is -0.244. The standard InChI is InChI=1S/C16H17BrN2O/c1-10-8-11(2)15(12(3)9-10)19-16(20)18-14-7-5-4-6-13(14)17/h4-9H,1-3H3,(H2,18,19,20). The van der Waals surface area contributed by atoms with Crippen LogP contribution in [0, 0.1) is 20.8 Å². The first kappa shape index (κ1) is 14.6. The highest BCUT2D eigenvalue weighted by Crippen LogP contribution is 2.24. The van der Waals surface area contributed by atoms with Gasteiger partial charge in [0.2, 0.25) is 0 Å². The topological polar surface area (TPSA) is 41.1 Å². The highest BCUT2D eigenvalue weighted by molar-refractivity contribution is 9.10. The molecule has 0 aliphatic rings. The van der Waals surface area contributed by atoms with Crippen molar-refractivity contribution in [2.75, 3.05) is 10.6 Å². The van der Waals surface area contributed by atoms with E-state index < -0.39 is 0 Å². The van der Waals surface area contributed by atoms with Gasteiger partial charge in [-0.1, -0.05) is 29.8 Å². The Labute approximate surface area is 127 Å². The van der Waals surface area contributed by atoms with E-state index in [-0.39, 0.29) is 6.03 Å². The highest BCUT2D eigenvalue weighted by Gasteiger charge is 2.09. The van der Waals surface area contributed by atoms with Crippen molar-refractivity contribution in [3.63, 3.8) is 0 Å². The smallest absolute Gasteiger partial charge is 0.307 e. The second-order valence-electron chi connectivity index (χ2n) is 4.83. The number of urea groups is 1. The largest absolute Gasteiger partial charge is 0.323 e. The molecule has 3 nitrogen and oxygen atoms in total.